The molecule has 1 atom stereocenters. The quantitative estimate of drug-likeness (QED) is 0.496. The Morgan fingerprint density at radius 2 is 1.80 bits per heavy atom. The van der Waals surface area contributed by atoms with Crippen molar-refractivity contribution >= 4 is 16.9 Å². The van der Waals surface area contributed by atoms with Gasteiger partial charge in [-0.05, 0) is 50.1 Å². The van der Waals surface area contributed by atoms with Gasteiger partial charge in [0.05, 0.1) is 22.8 Å². The number of carbonyl (C=O) groups excluding carboxylic acids is 1. The van der Waals surface area contributed by atoms with E-state index in [9.17, 15) is 4.79 Å². The molecule has 3 aromatic heterocycles. The van der Waals surface area contributed by atoms with Crippen molar-refractivity contribution in [2.75, 3.05) is 0 Å². The lowest BCUT2D eigenvalue weighted by molar-refractivity contribution is 0.0916. The lowest BCUT2D eigenvalue weighted by atomic mass is 10.0. The predicted molar refractivity (Wildman–Crippen MR) is 117 cm³/mol. The highest BCUT2D eigenvalue weighted by Gasteiger charge is 2.27. The maximum absolute atomic E-state index is 13.0. The van der Waals surface area contributed by atoms with Gasteiger partial charge in [-0.2, -0.15) is 5.10 Å². The molecule has 7 heteroatoms. The average molecular weight is 403 g/mol. The number of imidazole rings is 1. The molecule has 4 rings (SSSR count). The predicted octanol–water partition coefficient (Wildman–Crippen LogP) is 4.53. The number of pyridine rings is 1. The molecule has 0 aliphatic rings. The van der Waals surface area contributed by atoms with Crippen LogP contribution in [0.5, 0.6) is 0 Å². The molecule has 1 aromatic carbocycles. The van der Waals surface area contributed by atoms with Gasteiger partial charge < -0.3 is 9.88 Å². The monoisotopic (exact) mass is 402 g/mol. The maximum atomic E-state index is 13.0. The standard InChI is InChI=1S/C23H26N6O/c1-14(2)21(22-25-17-10-5-6-11-20(17)29(22)15(3)4)26-23(30)19-13-18(27-28-19)16-9-7-8-12-24-16/h5-15,21H,1-4H3,(H,26,30)(H,27,28)/t21-/m1/s1. The van der Waals surface area contributed by atoms with Crippen LogP contribution in [0.2, 0.25) is 0 Å². The maximum Gasteiger partial charge on any atom is 0.269 e. The molecule has 0 aliphatic heterocycles. The second kappa shape index (κ2) is 8.10. The molecule has 0 bridgehead atoms. The summed E-state index contributed by atoms with van der Waals surface area (Å²) in [6.45, 7) is 8.43. The van der Waals surface area contributed by atoms with Gasteiger partial charge in [0.25, 0.3) is 5.91 Å². The molecule has 0 unspecified atom stereocenters. The molecule has 154 valence electrons. The van der Waals surface area contributed by atoms with Crippen LogP contribution in [-0.4, -0.2) is 30.6 Å². The Labute approximate surface area is 175 Å². The summed E-state index contributed by atoms with van der Waals surface area (Å²) in [4.78, 5) is 22.2. The van der Waals surface area contributed by atoms with E-state index in [4.69, 9.17) is 4.98 Å². The van der Waals surface area contributed by atoms with E-state index in [1.165, 1.54) is 0 Å². The largest absolute Gasteiger partial charge is 0.340 e. The number of aromatic amines is 1. The number of rotatable bonds is 6. The van der Waals surface area contributed by atoms with Gasteiger partial charge in [0.1, 0.15) is 17.2 Å². The van der Waals surface area contributed by atoms with Crippen LogP contribution in [0.4, 0.5) is 0 Å². The highest BCUT2D eigenvalue weighted by Crippen LogP contribution is 2.29. The molecule has 2 N–H and O–H groups in total. The van der Waals surface area contributed by atoms with Crippen LogP contribution in [0.25, 0.3) is 22.4 Å². The Kier molecular flexibility index (Phi) is 5.35. The van der Waals surface area contributed by atoms with E-state index < -0.39 is 0 Å². The molecule has 0 radical (unpaired) electrons. The third kappa shape index (κ3) is 3.70. The zero-order valence-corrected chi connectivity index (χ0v) is 17.6. The van der Waals surface area contributed by atoms with Crippen molar-refractivity contribution in [3.05, 3.63) is 66.2 Å². The first-order valence-corrected chi connectivity index (χ1v) is 10.2. The van der Waals surface area contributed by atoms with Crippen LogP contribution in [0.3, 0.4) is 0 Å². The third-order valence-corrected chi connectivity index (χ3v) is 5.12. The Hall–Kier alpha value is -3.48. The zero-order valence-electron chi connectivity index (χ0n) is 17.6. The molecule has 0 saturated heterocycles. The Morgan fingerprint density at radius 3 is 2.50 bits per heavy atom. The number of aromatic nitrogens is 5. The summed E-state index contributed by atoms with van der Waals surface area (Å²) >= 11 is 0. The first-order valence-electron chi connectivity index (χ1n) is 10.2. The number of H-pyrrole nitrogens is 1. The first kappa shape index (κ1) is 19.8. The Balaban J connectivity index is 1.65. The van der Waals surface area contributed by atoms with Gasteiger partial charge in [-0.3, -0.25) is 14.9 Å². The van der Waals surface area contributed by atoms with Gasteiger partial charge in [0.15, 0.2) is 0 Å². The minimum atomic E-state index is -0.242. The summed E-state index contributed by atoms with van der Waals surface area (Å²) in [7, 11) is 0. The van der Waals surface area contributed by atoms with Crippen LogP contribution in [-0.2, 0) is 0 Å². The van der Waals surface area contributed by atoms with Crippen molar-refractivity contribution < 1.29 is 4.79 Å². The smallest absolute Gasteiger partial charge is 0.269 e. The van der Waals surface area contributed by atoms with Crippen molar-refractivity contribution in [1.82, 2.24) is 30.0 Å². The molecule has 0 fully saturated rings. The van der Waals surface area contributed by atoms with E-state index in [1.807, 2.05) is 36.4 Å². The van der Waals surface area contributed by atoms with Gasteiger partial charge in [-0.15, -0.1) is 0 Å². The summed E-state index contributed by atoms with van der Waals surface area (Å²) in [5.41, 5.74) is 3.75. The van der Waals surface area contributed by atoms with E-state index in [0.717, 1.165) is 22.6 Å². The summed E-state index contributed by atoms with van der Waals surface area (Å²) in [6, 6.07) is 15.4. The number of para-hydroxylation sites is 2. The van der Waals surface area contributed by atoms with E-state index >= 15 is 0 Å². The number of amides is 1. The van der Waals surface area contributed by atoms with E-state index in [0.29, 0.717) is 11.4 Å². The second-order valence-electron chi connectivity index (χ2n) is 8.00. The zero-order chi connectivity index (χ0) is 21.3. The number of fused-ring (bicyclic) bond motifs is 1. The fourth-order valence-corrected chi connectivity index (χ4v) is 3.66. The topological polar surface area (TPSA) is 88.5 Å². The Morgan fingerprint density at radius 1 is 1.03 bits per heavy atom. The fourth-order valence-electron chi connectivity index (χ4n) is 3.66. The van der Waals surface area contributed by atoms with Gasteiger partial charge in [-0.1, -0.05) is 32.0 Å². The number of hydrogen-bond acceptors (Lipinski definition) is 4. The number of nitrogens with zero attached hydrogens (tertiary/aromatic N) is 4. The van der Waals surface area contributed by atoms with E-state index in [-0.39, 0.29) is 23.9 Å². The molecular formula is C23H26N6O. The highest BCUT2D eigenvalue weighted by atomic mass is 16.2. The van der Waals surface area contributed by atoms with E-state index in [1.54, 1.807) is 12.3 Å². The van der Waals surface area contributed by atoms with Crippen LogP contribution < -0.4 is 5.32 Å². The van der Waals surface area contributed by atoms with Gasteiger partial charge >= 0.3 is 0 Å². The second-order valence-corrected chi connectivity index (χ2v) is 8.00. The number of benzene rings is 1. The number of hydrogen-bond donors (Lipinski definition) is 2. The minimum Gasteiger partial charge on any atom is -0.340 e. The molecule has 0 saturated carbocycles. The van der Waals surface area contributed by atoms with Gasteiger partial charge in [0.2, 0.25) is 0 Å². The van der Waals surface area contributed by atoms with Crippen LogP contribution in [0, 0.1) is 5.92 Å². The van der Waals surface area contributed by atoms with Crippen LogP contribution in [0.15, 0.2) is 54.7 Å². The summed E-state index contributed by atoms with van der Waals surface area (Å²) < 4.78 is 2.20. The number of nitrogens with one attached hydrogen (secondary N) is 2. The lowest BCUT2D eigenvalue weighted by Gasteiger charge is -2.24. The van der Waals surface area contributed by atoms with Crippen molar-refractivity contribution in [3.63, 3.8) is 0 Å². The van der Waals surface area contributed by atoms with Gasteiger partial charge in [0, 0.05) is 12.2 Å². The molecule has 7 nitrogen and oxygen atoms in total. The highest BCUT2D eigenvalue weighted by molar-refractivity contribution is 5.93. The van der Waals surface area contributed by atoms with Gasteiger partial charge in [-0.25, -0.2) is 4.98 Å². The molecule has 4 aromatic rings. The average Bonchev–Trinajstić information content (AvgIpc) is 3.37. The minimum absolute atomic E-state index is 0.154. The van der Waals surface area contributed by atoms with Crippen molar-refractivity contribution in [3.8, 4) is 11.4 Å². The molecular weight excluding hydrogens is 376 g/mol. The SMILES string of the molecule is CC(C)[C@@H](NC(=O)c1cc(-c2ccccn2)n[nH]1)c1nc2ccccc2n1C(C)C. The summed E-state index contributed by atoms with van der Waals surface area (Å²) in [5.74, 6) is 0.797. The van der Waals surface area contributed by atoms with Crippen LogP contribution >= 0.6 is 0 Å². The summed E-state index contributed by atoms with van der Waals surface area (Å²) in [6.07, 6.45) is 1.70. The van der Waals surface area contributed by atoms with Crippen molar-refractivity contribution in [2.24, 2.45) is 5.92 Å². The third-order valence-electron chi connectivity index (χ3n) is 5.12. The number of carbonyl (C=O) groups is 1. The summed E-state index contributed by atoms with van der Waals surface area (Å²) in [5, 5.41) is 10.2. The molecule has 3 heterocycles. The van der Waals surface area contributed by atoms with E-state index in [2.05, 4.69) is 58.8 Å². The molecule has 30 heavy (non-hydrogen) atoms. The van der Waals surface area contributed by atoms with Crippen molar-refractivity contribution in [2.45, 2.75) is 39.8 Å². The lowest BCUT2D eigenvalue weighted by Crippen LogP contribution is -2.34. The van der Waals surface area contributed by atoms with Crippen LogP contribution in [0.1, 0.15) is 56.1 Å². The van der Waals surface area contributed by atoms with Crippen molar-refractivity contribution in [1.29, 1.82) is 0 Å². The molecule has 0 aliphatic carbocycles. The fraction of sp³-hybridized carbons (Fsp3) is 0.304. The molecule has 0 spiro atoms. The molecule has 1 amide bonds. The Bertz CT molecular complexity index is 1160. The normalized spacial score (nSPS) is 12.6. The first-order chi connectivity index (χ1) is 14.5.